The zero-order chi connectivity index (χ0) is 14.4. The average molecular weight is 265 g/mol. The molecule has 0 aliphatic rings. The van der Waals surface area contributed by atoms with Gasteiger partial charge in [0, 0.05) is 18.2 Å². The molecule has 0 aliphatic heterocycles. The van der Waals surface area contributed by atoms with Crippen molar-refractivity contribution in [2.45, 2.75) is 32.7 Å². The van der Waals surface area contributed by atoms with Gasteiger partial charge in [0.15, 0.2) is 0 Å². The summed E-state index contributed by atoms with van der Waals surface area (Å²) in [7, 11) is 1.34. The Morgan fingerprint density at radius 1 is 1.42 bits per heavy atom. The normalized spacial score (nSPS) is 11.7. The molecule has 0 bridgehead atoms. The summed E-state index contributed by atoms with van der Waals surface area (Å²) >= 11 is 0. The molecule has 19 heavy (non-hydrogen) atoms. The Hall–Kier alpha value is -2.04. The fraction of sp³-hybridized carbons (Fsp3) is 0.429. The van der Waals surface area contributed by atoms with Crippen LogP contribution in [0.2, 0.25) is 0 Å². The summed E-state index contributed by atoms with van der Waals surface area (Å²) in [6.07, 6.45) is 0.581. The number of methoxy groups -OCH3 is 1. The van der Waals surface area contributed by atoms with Gasteiger partial charge in [-0.15, -0.1) is 0 Å². The van der Waals surface area contributed by atoms with Crippen LogP contribution < -0.4 is 5.32 Å². The van der Waals surface area contributed by atoms with E-state index in [-0.39, 0.29) is 12.5 Å². The molecule has 1 atom stereocenters. The molecule has 5 heteroatoms. The molecule has 1 rings (SSSR count). The Kier molecular flexibility index (Phi) is 5.36. The Balaban J connectivity index is 2.82. The molecule has 0 radical (unpaired) electrons. The van der Waals surface area contributed by atoms with Crippen LogP contribution in [0, 0.1) is 6.92 Å². The number of carbonyl (C=O) groups is 2. The van der Waals surface area contributed by atoms with Gasteiger partial charge in [-0.2, -0.15) is 0 Å². The third kappa shape index (κ3) is 4.62. The molecule has 0 aromatic heterocycles. The fourth-order valence-electron chi connectivity index (χ4n) is 1.74. The minimum Gasteiger partial charge on any atom is -0.481 e. The van der Waals surface area contributed by atoms with Gasteiger partial charge in [-0.3, -0.25) is 4.79 Å². The van der Waals surface area contributed by atoms with Crippen LogP contribution in [0.15, 0.2) is 18.2 Å². The third-order valence-corrected chi connectivity index (χ3v) is 2.77. The molecule has 5 nitrogen and oxygen atoms in total. The quantitative estimate of drug-likeness (QED) is 0.773. The highest BCUT2D eigenvalue weighted by Gasteiger charge is 2.14. The van der Waals surface area contributed by atoms with Crippen LogP contribution in [-0.4, -0.2) is 30.2 Å². The maximum absolute atomic E-state index is 11.7. The van der Waals surface area contributed by atoms with Crippen LogP contribution in [0.3, 0.4) is 0 Å². The van der Waals surface area contributed by atoms with E-state index in [0.29, 0.717) is 17.7 Å². The molecule has 1 aromatic carbocycles. The standard InChI is InChI=1S/C14H19NO4/c1-9-4-6-12(11(8-9)14(18)19-3)15-10(2)5-7-13(16)17/h4,6,8,10,15H,5,7H2,1-3H3,(H,16,17). The Bertz CT molecular complexity index is 471. The number of anilines is 1. The van der Waals surface area contributed by atoms with Crippen molar-refractivity contribution in [2.24, 2.45) is 0 Å². The van der Waals surface area contributed by atoms with Gasteiger partial charge in [-0.25, -0.2) is 4.79 Å². The minimum absolute atomic E-state index is 0.0396. The second kappa shape index (κ2) is 6.78. The maximum atomic E-state index is 11.7. The number of benzene rings is 1. The van der Waals surface area contributed by atoms with E-state index >= 15 is 0 Å². The van der Waals surface area contributed by atoms with Crippen molar-refractivity contribution in [1.29, 1.82) is 0 Å². The van der Waals surface area contributed by atoms with Crippen molar-refractivity contribution in [3.05, 3.63) is 29.3 Å². The molecular formula is C14H19NO4. The molecule has 0 amide bonds. The second-order valence-electron chi connectivity index (χ2n) is 4.52. The Labute approximate surface area is 112 Å². The van der Waals surface area contributed by atoms with Crippen LogP contribution in [-0.2, 0) is 9.53 Å². The predicted molar refractivity (Wildman–Crippen MR) is 72.5 cm³/mol. The van der Waals surface area contributed by atoms with Crippen molar-refractivity contribution in [3.8, 4) is 0 Å². The van der Waals surface area contributed by atoms with E-state index in [0.717, 1.165) is 5.56 Å². The highest BCUT2D eigenvalue weighted by atomic mass is 16.5. The summed E-state index contributed by atoms with van der Waals surface area (Å²) in [5.74, 6) is -1.23. The van der Waals surface area contributed by atoms with Crippen molar-refractivity contribution in [1.82, 2.24) is 0 Å². The zero-order valence-corrected chi connectivity index (χ0v) is 11.4. The van der Waals surface area contributed by atoms with Crippen molar-refractivity contribution in [3.63, 3.8) is 0 Å². The van der Waals surface area contributed by atoms with Crippen LogP contribution in [0.1, 0.15) is 35.7 Å². The molecule has 0 fully saturated rings. The molecular weight excluding hydrogens is 246 g/mol. The first-order valence-corrected chi connectivity index (χ1v) is 6.11. The molecule has 0 saturated carbocycles. The highest BCUT2D eigenvalue weighted by Crippen LogP contribution is 2.20. The number of carbonyl (C=O) groups excluding carboxylic acids is 1. The largest absolute Gasteiger partial charge is 0.481 e. The van der Waals surface area contributed by atoms with Gasteiger partial charge in [0.2, 0.25) is 0 Å². The Morgan fingerprint density at radius 2 is 2.11 bits per heavy atom. The van der Waals surface area contributed by atoms with Gasteiger partial charge >= 0.3 is 11.9 Å². The summed E-state index contributed by atoms with van der Waals surface area (Å²) in [6.45, 7) is 3.77. The first-order valence-electron chi connectivity index (χ1n) is 6.11. The van der Waals surface area contributed by atoms with E-state index in [2.05, 4.69) is 5.32 Å². The number of hydrogen-bond donors (Lipinski definition) is 2. The number of nitrogens with one attached hydrogen (secondary N) is 1. The average Bonchev–Trinajstić information content (AvgIpc) is 2.37. The van der Waals surface area contributed by atoms with E-state index in [9.17, 15) is 9.59 Å². The molecule has 1 unspecified atom stereocenters. The van der Waals surface area contributed by atoms with Crippen LogP contribution in [0.25, 0.3) is 0 Å². The van der Waals surface area contributed by atoms with Gasteiger partial charge in [-0.05, 0) is 32.4 Å². The second-order valence-corrected chi connectivity index (χ2v) is 4.52. The van der Waals surface area contributed by atoms with E-state index in [1.165, 1.54) is 7.11 Å². The van der Waals surface area contributed by atoms with Gasteiger partial charge in [-0.1, -0.05) is 11.6 Å². The smallest absolute Gasteiger partial charge is 0.339 e. The number of aryl methyl sites for hydroxylation is 1. The molecule has 0 spiro atoms. The summed E-state index contributed by atoms with van der Waals surface area (Å²) in [5, 5.41) is 11.8. The van der Waals surface area contributed by atoms with Crippen LogP contribution in [0.5, 0.6) is 0 Å². The predicted octanol–water partition coefficient (Wildman–Crippen LogP) is 2.45. The number of carboxylic acids is 1. The number of aliphatic carboxylic acids is 1. The first-order chi connectivity index (χ1) is 8.93. The van der Waals surface area contributed by atoms with Crippen molar-refractivity contribution in [2.75, 3.05) is 12.4 Å². The molecule has 104 valence electrons. The first kappa shape index (κ1) is 15.0. The van der Waals surface area contributed by atoms with Gasteiger partial charge < -0.3 is 15.2 Å². The number of ether oxygens (including phenoxy) is 1. The van der Waals surface area contributed by atoms with Crippen molar-refractivity contribution < 1.29 is 19.4 Å². The summed E-state index contributed by atoms with van der Waals surface area (Å²) in [5.41, 5.74) is 2.09. The fourth-order valence-corrected chi connectivity index (χ4v) is 1.74. The number of esters is 1. The topological polar surface area (TPSA) is 75.6 Å². The van der Waals surface area contributed by atoms with Gasteiger partial charge in [0.25, 0.3) is 0 Å². The summed E-state index contributed by atoms with van der Waals surface area (Å²) < 4.78 is 4.74. The van der Waals surface area contributed by atoms with Gasteiger partial charge in [0.05, 0.1) is 12.7 Å². The molecule has 1 aromatic rings. The van der Waals surface area contributed by atoms with E-state index in [1.807, 2.05) is 19.9 Å². The third-order valence-electron chi connectivity index (χ3n) is 2.77. The highest BCUT2D eigenvalue weighted by molar-refractivity contribution is 5.95. The zero-order valence-electron chi connectivity index (χ0n) is 11.4. The Morgan fingerprint density at radius 3 is 2.68 bits per heavy atom. The van der Waals surface area contributed by atoms with E-state index < -0.39 is 11.9 Å². The summed E-state index contributed by atoms with van der Waals surface area (Å²) in [6, 6.07) is 5.40. The lowest BCUT2D eigenvalue weighted by Gasteiger charge is -2.17. The number of rotatable bonds is 6. The molecule has 2 N–H and O–H groups in total. The lowest BCUT2D eigenvalue weighted by Crippen LogP contribution is -2.19. The molecule has 0 heterocycles. The van der Waals surface area contributed by atoms with E-state index in [4.69, 9.17) is 9.84 Å². The minimum atomic E-state index is -0.828. The lowest BCUT2D eigenvalue weighted by molar-refractivity contribution is -0.137. The lowest BCUT2D eigenvalue weighted by atomic mass is 10.1. The van der Waals surface area contributed by atoms with E-state index in [1.54, 1.807) is 12.1 Å². The molecule has 0 saturated heterocycles. The SMILES string of the molecule is COC(=O)c1cc(C)ccc1NC(C)CCC(=O)O. The van der Waals surface area contributed by atoms with Crippen LogP contribution in [0.4, 0.5) is 5.69 Å². The molecule has 0 aliphatic carbocycles. The maximum Gasteiger partial charge on any atom is 0.339 e. The van der Waals surface area contributed by atoms with Crippen molar-refractivity contribution >= 4 is 17.6 Å². The summed E-state index contributed by atoms with van der Waals surface area (Å²) in [4.78, 5) is 22.2. The number of hydrogen-bond acceptors (Lipinski definition) is 4. The monoisotopic (exact) mass is 265 g/mol. The van der Waals surface area contributed by atoms with Crippen LogP contribution >= 0.6 is 0 Å². The van der Waals surface area contributed by atoms with Gasteiger partial charge in [0.1, 0.15) is 0 Å². The number of carboxylic acid groups (broad SMARTS) is 1.